The molecule has 26 heavy (non-hydrogen) atoms. The Bertz CT molecular complexity index is 748. The summed E-state index contributed by atoms with van der Waals surface area (Å²) in [7, 11) is 7.02. The Hall–Kier alpha value is -2.60. The molecular weight excluding hydrogens is 354 g/mol. The Morgan fingerprint density at radius 3 is 2.31 bits per heavy atom. The second kappa shape index (κ2) is 9.20. The minimum absolute atomic E-state index is 0.134. The van der Waals surface area contributed by atoms with Crippen LogP contribution in [0.2, 0.25) is 5.02 Å². The van der Waals surface area contributed by atoms with Gasteiger partial charge in [-0.15, -0.1) is 0 Å². The number of ether oxygens (including phenoxy) is 2. The summed E-state index contributed by atoms with van der Waals surface area (Å²) >= 11 is 6.07. The largest absolute Gasteiger partial charge is 0.495 e. The minimum atomic E-state index is -0.134. The first-order valence-electron chi connectivity index (χ1n) is 8.17. The van der Waals surface area contributed by atoms with Crippen molar-refractivity contribution in [3.63, 3.8) is 0 Å². The summed E-state index contributed by atoms with van der Waals surface area (Å²) in [6.07, 6.45) is 0.309. The van der Waals surface area contributed by atoms with Crippen LogP contribution in [0.1, 0.15) is 6.42 Å². The molecule has 140 valence electrons. The number of hydrogen-bond acceptors (Lipinski definition) is 5. The normalized spacial score (nSPS) is 10.2. The van der Waals surface area contributed by atoms with E-state index in [9.17, 15) is 4.79 Å². The molecule has 0 saturated carbocycles. The fourth-order valence-electron chi connectivity index (χ4n) is 2.37. The number of nitrogens with one attached hydrogen (secondary N) is 2. The van der Waals surface area contributed by atoms with Crippen LogP contribution in [0.5, 0.6) is 11.5 Å². The number of carbonyl (C=O) groups excluding carboxylic acids is 1. The van der Waals surface area contributed by atoms with E-state index in [0.717, 1.165) is 11.4 Å². The lowest BCUT2D eigenvalue weighted by atomic mass is 10.2. The molecule has 0 saturated heterocycles. The van der Waals surface area contributed by atoms with Gasteiger partial charge in [-0.25, -0.2) is 0 Å². The molecule has 0 unspecified atom stereocenters. The van der Waals surface area contributed by atoms with Crippen molar-refractivity contribution in [3.8, 4) is 11.5 Å². The molecule has 0 heterocycles. The zero-order chi connectivity index (χ0) is 19.1. The zero-order valence-electron chi connectivity index (χ0n) is 15.4. The number of carbonyl (C=O) groups is 1. The lowest BCUT2D eigenvalue weighted by molar-refractivity contribution is -0.116. The van der Waals surface area contributed by atoms with Crippen LogP contribution >= 0.6 is 11.6 Å². The van der Waals surface area contributed by atoms with E-state index in [2.05, 4.69) is 10.6 Å². The van der Waals surface area contributed by atoms with E-state index in [0.29, 0.717) is 35.2 Å². The number of hydrogen-bond donors (Lipinski definition) is 2. The van der Waals surface area contributed by atoms with Crippen molar-refractivity contribution in [3.05, 3.63) is 41.4 Å². The molecule has 0 spiro atoms. The highest BCUT2D eigenvalue weighted by atomic mass is 35.5. The molecule has 0 aliphatic heterocycles. The highest BCUT2D eigenvalue weighted by Crippen LogP contribution is 2.35. The minimum Gasteiger partial charge on any atom is -0.495 e. The van der Waals surface area contributed by atoms with Gasteiger partial charge in [-0.2, -0.15) is 0 Å². The van der Waals surface area contributed by atoms with Gasteiger partial charge in [-0.3, -0.25) is 4.79 Å². The quantitative estimate of drug-likeness (QED) is 0.731. The molecule has 2 aromatic rings. The Balaban J connectivity index is 1.90. The van der Waals surface area contributed by atoms with E-state index in [1.807, 2.05) is 43.3 Å². The van der Waals surface area contributed by atoms with Crippen LogP contribution in [-0.2, 0) is 4.79 Å². The summed E-state index contributed by atoms with van der Waals surface area (Å²) < 4.78 is 10.4. The van der Waals surface area contributed by atoms with Gasteiger partial charge in [0.2, 0.25) is 5.91 Å². The molecule has 6 nitrogen and oxygen atoms in total. The summed E-state index contributed by atoms with van der Waals surface area (Å²) in [6, 6.07) is 11.3. The van der Waals surface area contributed by atoms with E-state index in [-0.39, 0.29) is 5.91 Å². The first-order valence-corrected chi connectivity index (χ1v) is 8.55. The Morgan fingerprint density at radius 2 is 1.73 bits per heavy atom. The van der Waals surface area contributed by atoms with Crippen LogP contribution in [0.25, 0.3) is 0 Å². The van der Waals surface area contributed by atoms with Crippen molar-refractivity contribution in [2.45, 2.75) is 6.42 Å². The van der Waals surface area contributed by atoms with Crippen molar-refractivity contribution in [1.29, 1.82) is 0 Å². The standard InChI is InChI=1S/C19H24ClN3O3/c1-23(2)14-7-5-13(6-8-14)21-10-9-19(24)22-16-12-17(25-3)15(20)11-18(16)26-4/h5-8,11-12,21H,9-10H2,1-4H3,(H,22,24). The molecule has 2 aromatic carbocycles. The summed E-state index contributed by atoms with van der Waals surface area (Å²) in [5.74, 6) is 0.823. The highest BCUT2D eigenvalue weighted by Gasteiger charge is 2.12. The summed E-state index contributed by atoms with van der Waals surface area (Å²) in [5, 5.41) is 6.48. The topological polar surface area (TPSA) is 62.8 Å². The third kappa shape index (κ3) is 5.20. The lowest BCUT2D eigenvalue weighted by Gasteiger charge is -2.14. The highest BCUT2D eigenvalue weighted by molar-refractivity contribution is 6.32. The van der Waals surface area contributed by atoms with Gasteiger partial charge in [-0.05, 0) is 24.3 Å². The summed E-state index contributed by atoms with van der Waals surface area (Å²) in [5.41, 5.74) is 2.61. The van der Waals surface area contributed by atoms with Gasteiger partial charge in [0.1, 0.15) is 11.5 Å². The first-order chi connectivity index (χ1) is 12.4. The van der Waals surface area contributed by atoms with E-state index < -0.39 is 0 Å². The van der Waals surface area contributed by atoms with Gasteiger partial charge in [0.25, 0.3) is 0 Å². The van der Waals surface area contributed by atoms with Crippen LogP contribution in [0.3, 0.4) is 0 Å². The molecular formula is C19H24ClN3O3. The van der Waals surface area contributed by atoms with Crippen LogP contribution in [0.15, 0.2) is 36.4 Å². The molecule has 7 heteroatoms. The van der Waals surface area contributed by atoms with Crippen LogP contribution in [0, 0.1) is 0 Å². The Labute approximate surface area is 159 Å². The third-order valence-electron chi connectivity index (χ3n) is 3.81. The zero-order valence-corrected chi connectivity index (χ0v) is 16.2. The predicted molar refractivity (Wildman–Crippen MR) is 107 cm³/mol. The van der Waals surface area contributed by atoms with Crippen molar-refractivity contribution in [2.75, 3.05) is 50.4 Å². The molecule has 0 aliphatic rings. The number of methoxy groups -OCH3 is 2. The SMILES string of the molecule is COc1cc(NC(=O)CCNc2ccc(N(C)C)cc2)c(OC)cc1Cl. The molecule has 0 aliphatic carbocycles. The monoisotopic (exact) mass is 377 g/mol. The van der Waals surface area contributed by atoms with Crippen molar-refractivity contribution in [1.82, 2.24) is 0 Å². The second-order valence-corrected chi connectivity index (χ2v) is 6.26. The van der Waals surface area contributed by atoms with E-state index in [1.165, 1.54) is 14.2 Å². The van der Waals surface area contributed by atoms with Gasteiger partial charge < -0.3 is 25.0 Å². The van der Waals surface area contributed by atoms with Crippen molar-refractivity contribution >= 4 is 34.6 Å². The lowest BCUT2D eigenvalue weighted by Crippen LogP contribution is -2.17. The van der Waals surface area contributed by atoms with Gasteiger partial charge in [-0.1, -0.05) is 11.6 Å². The fraction of sp³-hybridized carbons (Fsp3) is 0.316. The van der Waals surface area contributed by atoms with Gasteiger partial charge in [0, 0.05) is 50.6 Å². The number of rotatable bonds is 8. The average molecular weight is 378 g/mol. The number of amides is 1. The van der Waals surface area contributed by atoms with E-state index >= 15 is 0 Å². The van der Waals surface area contributed by atoms with Crippen molar-refractivity contribution < 1.29 is 14.3 Å². The second-order valence-electron chi connectivity index (χ2n) is 5.85. The Kier molecular flexibility index (Phi) is 6.97. The molecule has 2 rings (SSSR count). The fourth-order valence-corrected chi connectivity index (χ4v) is 2.60. The summed E-state index contributed by atoms with van der Waals surface area (Å²) in [4.78, 5) is 14.2. The maximum Gasteiger partial charge on any atom is 0.226 e. The molecule has 2 N–H and O–H groups in total. The smallest absolute Gasteiger partial charge is 0.226 e. The van der Waals surface area contributed by atoms with Gasteiger partial charge in [0.15, 0.2) is 0 Å². The van der Waals surface area contributed by atoms with E-state index in [4.69, 9.17) is 21.1 Å². The molecule has 0 aromatic heterocycles. The number of anilines is 3. The first kappa shape index (κ1) is 19.7. The van der Waals surface area contributed by atoms with Crippen LogP contribution < -0.4 is 25.0 Å². The van der Waals surface area contributed by atoms with Crippen molar-refractivity contribution in [2.24, 2.45) is 0 Å². The van der Waals surface area contributed by atoms with Gasteiger partial charge >= 0.3 is 0 Å². The number of halogens is 1. The Morgan fingerprint density at radius 1 is 1.08 bits per heavy atom. The van der Waals surface area contributed by atoms with Crippen LogP contribution in [-0.4, -0.2) is 40.8 Å². The molecule has 0 radical (unpaired) electrons. The molecule has 0 fully saturated rings. The van der Waals surface area contributed by atoms with Gasteiger partial charge in [0.05, 0.1) is 24.9 Å². The van der Waals surface area contributed by atoms with E-state index in [1.54, 1.807) is 12.1 Å². The molecule has 1 amide bonds. The number of nitrogens with zero attached hydrogens (tertiary/aromatic N) is 1. The average Bonchev–Trinajstić information content (AvgIpc) is 2.63. The third-order valence-corrected chi connectivity index (χ3v) is 4.11. The summed E-state index contributed by atoms with van der Waals surface area (Å²) in [6.45, 7) is 0.514. The maximum absolute atomic E-state index is 12.2. The molecule has 0 bridgehead atoms. The van der Waals surface area contributed by atoms with Crippen LogP contribution in [0.4, 0.5) is 17.1 Å². The maximum atomic E-state index is 12.2. The molecule has 0 atom stereocenters. The number of benzene rings is 2. The predicted octanol–water partition coefficient (Wildman–Crippen LogP) is 3.86.